The van der Waals surface area contributed by atoms with E-state index in [4.69, 9.17) is 4.42 Å². The Bertz CT molecular complexity index is 4700. The minimum Gasteiger partial charge on any atom is -0.456 e. The fraction of sp³-hybridized carbons (Fsp3) is 0. The van der Waals surface area contributed by atoms with Gasteiger partial charge in [-0.2, -0.15) is 0 Å². The first-order valence-corrected chi connectivity index (χ1v) is 28.0. The van der Waals surface area contributed by atoms with Gasteiger partial charge in [-0.1, -0.05) is 237 Å². The van der Waals surface area contributed by atoms with Crippen LogP contribution >= 0.6 is 0 Å². The molecule has 13 aromatic carbocycles. The van der Waals surface area contributed by atoms with Gasteiger partial charge in [0.25, 0.3) is 0 Å². The van der Waals surface area contributed by atoms with E-state index >= 15 is 0 Å². The maximum Gasteiger partial charge on any atom is 0.135 e. The molecular formula is C78H53N3O. The van der Waals surface area contributed by atoms with Crippen molar-refractivity contribution in [2.45, 2.75) is 0 Å². The van der Waals surface area contributed by atoms with Crippen molar-refractivity contribution in [1.82, 2.24) is 4.57 Å². The van der Waals surface area contributed by atoms with Crippen molar-refractivity contribution in [1.29, 1.82) is 0 Å². The average molecular weight is 1050 g/mol. The third-order valence-electron chi connectivity index (χ3n) is 15.9. The van der Waals surface area contributed by atoms with E-state index in [1.54, 1.807) is 0 Å². The number of para-hydroxylation sites is 5. The lowest BCUT2D eigenvalue weighted by Crippen LogP contribution is -2.13. The number of benzene rings is 13. The third kappa shape index (κ3) is 8.76. The first kappa shape index (κ1) is 48.2. The highest BCUT2D eigenvalue weighted by molar-refractivity contribution is 6.11. The smallest absolute Gasteiger partial charge is 0.135 e. The van der Waals surface area contributed by atoms with Crippen LogP contribution < -0.4 is 10.2 Å². The van der Waals surface area contributed by atoms with E-state index in [0.29, 0.717) is 0 Å². The van der Waals surface area contributed by atoms with Gasteiger partial charge in [-0.05, 0) is 123 Å². The van der Waals surface area contributed by atoms with Gasteiger partial charge in [0, 0.05) is 66.5 Å². The van der Waals surface area contributed by atoms with Gasteiger partial charge in [0.2, 0.25) is 0 Å². The highest BCUT2D eigenvalue weighted by Crippen LogP contribution is 2.50. The summed E-state index contributed by atoms with van der Waals surface area (Å²) >= 11 is 0. The molecule has 0 aliphatic rings. The molecule has 0 radical (unpaired) electrons. The molecular weight excluding hydrogens is 995 g/mol. The van der Waals surface area contributed by atoms with Crippen molar-refractivity contribution in [3.8, 4) is 72.4 Å². The molecule has 0 saturated heterocycles. The van der Waals surface area contributed by atoms with Crippen LogP contribution in [0.1, 0.15) is 0 Å². The van der Waals surface area contributed by atoms with E-state index in [0.717, 1.165) is 123 Å². The Morgan fingerprint density at radius 3 is 1.40 bits per heavy atom. The predicted molar refractivity (Wildman–Crippen MR) is 345 cm³/mol. The molecule has 0 fully saturated rings. The number of nitrogens with zero attached hydrogens (tertiary/aromatic N) is 2. The fourth-order valence-corrected chi connectivity index (χ4v) is 12.2. The van der Waals surface area contributed by atoms with E-state index in [1.165, 1.54) is 21.8 Å². The number of rotatable bonds is 12. The maximum absolute atomic E-state index is 6.44. The van der Waals surface area contributed by atoms with Crippen molar-refractivity contribution >= 4 is 72.2 Å². The van der Waals surface area contributed by atoms with Crippen molar-refractivity contribution < 1.29 is 4.42 Å². The Hall–Kier alpha value is -10.9. The standard InChI is InChI=1S/C78H53N3O/c1-6-23-53(24-7-1)65-37-21-38-66(54-25-8-2-9-26-54)77(65)79-61-47-60(59-44-46-76-72(51-59)70-36-17-19-42-75(70)82-76)49-64(52-61)80(78-67(55-27-10-3-11-28-55)39-22-40-68(78)56-29-12-4-13-30-56)63-34-20-31-57(48-63)58-43-45-74-71(50-58)69-35-16-18-41-73(69)81(74)62-32-14-5-15-33-62/h1-52,79H. The summed E-state index contributed by atoms with van der Waals surface area (Å²) in [6.07, 6.45) is 0. The van der Waals surface area contributed by atoms with Crippen LogP contribution in [-0.4, -0.2) is 4.57 Å². The molecule has 4 nitrogen and oxygen atoms in total. The predicted octanol–water partition coefficient (Wildman–Crippen LogP) is 21.9. The maximum atomic E-state index is 6.44. The lowest BCUT2D eigenvalue weighted by molar-refractivity contribution is 0.669. The number of aromatic nitrogens is 1. The Balaban J connectivity index is 0.997. The van der Waals surface area contributed by atoms with Gasteiger partial charge in [0.15, 0.2) is 0 Å². The number of hydrogen-bond donors (Lipinski definition) is 1. The zero-order chi connectivity index (χ0) is 54.3. The fourth-order valence-electron chi connectivity index (χ4n) is 12.2. The van der Waals surface area contributed by atoms with Gasteiger partial charge in [-0.3, -0.25) is 0 Å². The van der Waals surface area contributed by atoms with E-state index in [9.17, 15) is 0 Å². The summed E-state index contributed by atoms with van der Waals surface area (Å²) < 4.78 is 8.82. The molecule has 0 amide bonds. The van der Waals surface area contributed by atoms with Crippen molar-refractivity contribution in [3.05, 3.63) is 315 Å². The third-order valence-corrected chi connectivity index (χ3v) is 15.9. The Morgan fingerprint density at radius 1 is 0.280 bits per heavy atom. The molecule has 2 heterocycles. The quantitative estimate of drug-likeness (QED) is 0.132. The van der Waals surface area contributed by atoms with Crippen LogP contribution in [-0.2, 0) is 0 Å². The summed E-state index contributed by atoms with van der Waals surface area (Å²) in [7, 11) is 0. The SMILES string of the molecule is c1ccc(-c2cccc(-c3ccccc3)c2Nc2cc(-c3ccc4oc5ccccc5c4c3)cc(N(c3cccc(-c4ccc5c(c4)c4ccccc4n5-c4ccccc4)c3)c3c(-c4ccccc4)cccc3-c3ccccc3)c2)cc1. The zero-order valence-electron chi connectivity index (χ0n) is 44.8. The van der Waals surface area contributed by atoms with Gasteiger partial charge in [-0.25, -0.2) is 0 Å². The first-order chi connectivity index (χ1) is 40.7. The molecule has 386 valence electrons. The molecule has 0 spiro atoms. The molecule has 0 aliphatic carbocycles. The second kappa shape index (κ2) is 20.7. The molecule has 1 N–H and O–H groups in total. The number of hydrogen-bond acceptors (Lipinski definition) is 3. The number of anilines is 5. The van der Waals surface area contributed by atoms with Gasteiger partial charge in [0.1, 0.15) is 11.2 Å². The molecule has 15 rings (SSSR count). The van der Waals surface area contributed by atoms with Crippen LogP contribution in [0.4, 0.5) is 28.4 Å². The molecule has 0 aliphatic heterocycles. The molecule has 15 aromatic rings. The van der Waals surface area contributed by atoms with E-state index in [-0.39, 0.29) is 0 Å². The topological polar surface area (TPSA) is 33.3 Å². The van der Waals surface area contributed by atoms with Crippen LogP contribution in [0.5, 0.6) is 0 Å². The molecule has 4 heteroatoms. The van der Waals surface area contributed by atoms with E-state index in [2.05, 4.69) is 318 Å². The van der Waals surface area contributed by atoms with Gasteiger partial charge >= 0.3 is 0 Å². The van der Waals surface area contributed by atoms with E-state index < -0.39 is 0 Å². The monoisotopic (exact) mass is 1050 g/mol. The van der Waals surface area contributed by atoms with Gasteiger partial charge < -0.3 is 19.2 Å². The molecule has 0 saturated carbocycles. The summed E-state index contributed by atoms with van der Waals surface area (Å²) in [5, 5.41) is 8.72. The highest BCUT2D eigenvalue weighted by atomic mass is 16.3. The molecule has 2 aromatic heterocycles. The second-order valence-electron chi connectivity index (χ2n) is 20.9. The Labute approximate surface area is 476 Å². The largest absolute Gasteiger partial charge is 0.456 e. The Kier molecular flexibility index (Phi) is 12.2. The van der Waals surface area contributed by atoms with Crippen molar-refractivity contribution in [3.63, 3.8) is 0 Å². The molecule has 0 unspecified atom stereocenters. The van der Waals surface area contributed by atoms with Crippen molar-refractivity contribution in [2.24, 2.45) is 0 Å². The van der Waals surface area contributed by atoms with Gasteiger partial charge in [0.05, 0.1) is 22.4 Å². The highest BCUT2D eigenvalue weighted by Gasteiger charge is 2.25. The lowest BCUT2D eigenvalue weighted by Gasteiger charge is -2.32. The van der Waals surface area contributed by atoms with Crippen LogP contribution in [0, 0.1) is 0 Å². The number of nitrogens with one attached hydrogen (secondary N) is 1. The Morgan fingerprint density at radius 2 is 0.744 bits per heavy atom. The molecule has 0 bridgehead atoms. The second-order valence-corrected chi connectivity index (χ2v) is 20.9. The average Bonchev–Trinajstić information content (AvgIpc) is 4.23. The summed E-state index contributed by atoms with van der Waals surface area (Å²) in [6.45, 7) is 0. The van der Waals surface area contributed by atoms with Crippen LogP contribution in [0.3, 0.4) is 0 Å². The zero-order valence-corrected chi connectivity index (χ0v) is 44.8. The normalized spacial score (nSPS) is 11.4. The molecule has 82 heavy (non-hydrogen) atoms. The summed E-state index contributed by atoms with van der Waals surface area (Å²) in [5.74, 6) is 0. The van der Waals surface area contributed by atoms with E-state index in [1.807, 2.05) is 12.1 Å². The number of furan rings is 1. The number of fused-ring (bicyclic) bond motifs is 6. The van der Waals surface area contributed by atoms with Crippen molar-refractivity contribution in [2.75, 3.05) is 10.2 Å². The van der Waals surface area contributed by atoms with Crippen LogP contribution in [0.15, 0.2) is 320 Å². The van der Waals surface area contributed by atoms with Crippen LogP contribution in [0.2, 0.25) is 0 Å². The summed E-state index contributed by atoms with van der Waals surface area (Å²) in [6, 6.07) is 114. The molecule has 0 atom stereocenters. The van der Waals surface area contributed by atoms with Gasteiger partial charge in [-0.15, -0.1) is 0 Å². The lowest BCUT2D eigenvalue weighted by atomic mass is 9.93. The summed E-state index contributed by atoms with van der Waals surface area (Å²) in [5.41, 5.74) is 23.5. The minimum absolute atomic E-state index is 0.856. The minimum atomic E-state index is 0.856. The first-order valence-electron chi connectivity index (χ1n) is 28.0. The summed E-state index contributed by atoms with van der Waals surface area (Å²) in [4.78, 5) is 2.50. The van der Waals surface area contributed by atoms with Crippen LogP contribution in [0.25, 0.3) is 116 Å².